The predicted molar refractivity (Wildman–Crippen MR) is 114 cm³/mol. The first-order chi connectivity index (χ1) is 13.5. The lowest BCUT2D eigenvalue weighted by molar-refractivity contribution is 0.144. The van der Waals surface area contributed by atoms with Crippen molar-refractivity contribution in [2.45, 2.75) is 38.8 Å². The minimum absolute atomic E-state index is 0.0656. The molecular weight excluding hydrogens is 350 g/mol. The molecule has 1 aromatic carbocycles. The number of carbonyl (C=O) groups excluding carboxylic acids is 1. The second kappa shape index (κ2) is 8.13. The molecule has 28 heavy (non-hydrogen) atoms. The standard InChI is InChI=1S/C22H33N5O/c1-16-4-5-20-18(14-16)19-15-27(12-8-21(19)24-20)22(28)23-9-13-26-10-6-17(7-11-26)25(2)3/h4-5,14,17,24H,6-13,15H2,1-3H3,(H,23,28). The number of rotatable bonds is 4. The lowest BCUT2D eigenvalue weighted by Crippen LogP contribution is -2.47. The lowest BCUT2D eigenvalue weighted by atomic mass is 10.0. The number of hydrogen-bond acceptors (Lipinski definition) is 3. The molecule has 0 radical (unpaired) electrons. The van der Waals surface area contributed by atoms with E-state index in [1.807, 2.05) is 4.90 Å². The topological polar surface area (TPSA) is 54.6 Å². The molecule has 1 fully saturated rings. The van der Waals surface area contributed by atoms with Crippen LogP contribution < -0.4 is 5.32 Å². The number of likely N-dealkylation sites (tertiary alicyclic amines) is 1. The minimum atomic E-state index is 0.0656. The Kier molecular flexibility index (Phi) is 5.60. The quantitative estimate of drug-likeness (QED) is 0.853. The molecule has 2 amide bonds. The lowest BCUT2D eigenvalue weighted by Gasteiger charge is -2.35. The van der Waals surface area contributed by atoms with Gasteiger partial charge < -0.3 is 25.0 Å². The van der Waals surface area contributed by atoms with Gasteiger partial charge in [0.15, 0.2) is 0 Å². The molecule has 4 rings (SSSR count). The predicted octanol–water partition coefficient (Wildman–Crippen LogP) is 2.57. The molecule has 2 aliphatic heterocycles. The molecule has 0 spiro atoms. The van der Waals surface area contributed by atoms with E-state index < -0.39 is 0 Å². The summed E-state index contributed by atoms with van der Waals surface area (Å²) < 4.78 is 0. The summed E-state index contributed by atoms with van der Waals surface area (Å²) in [7, 11) is 4.33. The van der Waals surface area contributed by atoms with Gasteiger partial charge in [-0.3, -0.25) is 0 Å². The molecular formula is C22H33N5O. The maximum absolute atomic E-state index is 12.7. The average molecular weight is 384 g/mol. The molecule has 0 saturated carbocycles. The van der Waals surface area contributed by atoms with Gasteiger partial charge in [-0.15, -0.1) is 0 Å². The first kappa shape index (κ1) is 19.3. The van der Waals surface area contributed by atoms with Crippen LogP contribution in [-0.2, 0) is 13.0 Å². The highest BCUT2D eigenvalue weighted by Gasteiger charge is 2.24. The highest BCUT2D eigenvalue weighted by atomic mass is 16.2. The molecule has 0 atom stereocenters. The third-order valence-electron chi connectivity index (χ3n) is 6.41. The van der Waals surface area contributed by atoms with E-state index in [9.17, 15) is 4.79 Å². The van der Waals surface area contributed by atoms with Crippen LogP contribution in [0.15, 0.2) is 18.2 Å². The van der Waals surface area contributed by atoms with Crippen LogP contribution in [0.3, 0.4) is 0 Å². The molecule has 1 aromatic heterocycles. The second-order valence-electron chi connectivity index (χ2n) is 8.57. The Labute approximate surface area is 167 Å². The number of nitrogens with zero attached hydrogens (tertiary/aromatic N) is 3. The first-order valence-electron chi connectivity index (χ1n) is 10.5. The van der Waals surface area contributed by atoms with Crippen LogP contribution in [0.5, 0.6) is 0 Å². The minimum Gasteiger partial charge on any atom is -0.358 e. The second-order valence-corrected chi connectivity index (χ2v) is 8.57. The zero-order valence-electron chi connectivity index (χ0n) is 17.4. The van der Waals surface area contributed by atoms with Crippen LogP contribution in [0.25, 0.3) is 10.9 Å². The van der Waals surface area contributed by atoms with E-state index in [0.717, 1.165) is 39.1 Å². The Morgan fingerprint density at radius 1 is 1.25 bits per heavy atom. The fourth-order valence-corrected chi connectivity index (χ4v) is 4.59. The number of hydrogen-bond donors (Lipinski definition) is 2. The Balaban J connectivity index is 1.28. The number of amides is 2. The van der Waals surface area contributed by atoms with E-state index in [2.05, 4.69) is 59.3 Å². The fourth-order valence-electron chi connectivity index (χ4n) is 4.59. The maximum atomic E-state index is 12.7. The number of fused-ring (bicyclic) bond motifs is 3. The van der Waals surface area contributed by atoms with E-state index in [1.54, 1.807) is 0 Å². The smallest absolute Gasteiger partial charge is 0.317 e. The zero-order valence-corrected chi connectivity index (χ0v) is 17.4. The van der Waals surface area contributed by atoms with Crippen molar-refractivity contribution < 1.29 is 4.79 Å². The number of H-pyrrole nitrogens is 1. The Morgan fingerprint density at radius 2 is 2.04 bits per heavy atom. The summed E-state index contributed by atoms with van der Waals surface area (Å²) in [5, 5.41) is 4.40. The van der Waals surface area contributed by atoms with Crippen molar-refractivity contribution in [2.24, 2.45) is 0 Å². The van der Waals surface area contributed by atoms with Gasteiger partial charge in [0.2, 0.25) is 0 Å². The molecule has 0 aliphatic carbocycles. The van der Waals surface area contributed by atoms with E-state index in [1.165, 1.54) is 40.6 Å². The highest BCUT2D eigenvalue weighted by molar-refractivity contribution is 5.86. The number of urea groups is 1. The average Bonchev–Trinajstić information content (AvgIpc) is 3.05. The molecule has 6 nitrogen and oxygen atoms in total. The number of aromatic amines is 1. The highest BCUT2D eigenvalue weighted by Crippen LogP contribution is 2.28. The van der Waals surface area contributed by atoms with Gasteiger partial charge >= 0.3 is 6.03 Å². The maximum Gasteiger partial charge on any atom is 0.317 e. The summed E-state index contributed by atoms with van der Waals surface area (Å²) in [4.78, 5) is 23.0. The summed E-state index contributed by atoms with van der Waals surface area (Å²) in [5.41, 5.74) is 5.01. The molecule has 0 unspecified atom stereocenters. The molecule has 3 heterocycles. The van der Waals surface area contributed by atoms with Gasteiger partial charge in [0, 0.05) is 60.8 Å². The number of aromatic nitrogens is 1. The SMILES string of the molecule is Cc1ccc2[nH]c3c(c2c1)CN(C(=O)NCCN1CCC(N(C)C)CC1)CC3. The van der Waals surface area contributed by atoms with E-state index in [0.29, 0.717) is 12.6 Å². The fraction of sp³-hybridized carbons (Fsp3) is 0.591. The zero-order chi connectivity index (χ0) is 19.7. The van der Waals surface area contributed by atoms with Crippen LogP contribution >= 0.6 is 0 Å². The van der Waals surface area contributed by atoms with Crippen molar-refractivity contribution in [3.8, 4) is 0 Å². The molecule has 2 aliphatic rings. The van der Waals surface area contributed by atoms with Crippen molar-refractivity contribution in [1.82, 2.24) is 25.0 Å². The first-order valence-corrected chi connectivity index (χ1v) is 10.5. The van der Waals surface area contributed by atoms with Crippen LogP contribution in [0.1, 0.15) is 29.7 Å². The van der Waals surface area contributed by atoms with Gasteiger partial charge in [-0.25, -0.2) is 4.79 Å². The van der Waals surface area contributed by atoms with Crippen LogP contribution in [0.4, 0.5) is 4.79 Å². The van der Waals surface area contributed by atoms with E-state index in [4.69, 9.17) is 0 Å². The normalized spacial score (nSPS) is 18.6. The van der Waals surface area contributed by atoms with Crippen LogP contribution in [0, 0.1) is 6.92 Å². The largest absolute Gasteiger partial charge is 0.358 e. The van der Waals surface area contributed by atoms with Crippen molar-refractivity contribution >= 4 is 16.9 Å². The molecule has 6 heteroatoms. The van der Waals surface area contributed by atoms with Gasteiger partial charge in [0.25, 0.3) is 0 Å². The Hall–Kier alpha value is -2.05. The van der Waals surface area contributed by atoms with Gasteiger partial charge in [-0.1, -0.05) is 11.6 Å². The van der Waals surface area contributed by atoms with Gasteiger partial charge in [0.05, 0.1) is 0 Å². The van der Waals surface area contributed by atoms with Crippen molar-refractivity contribution in [3.63, 3.8) is 0 Å². The van der Waals surface area contributed by atoms with Crippen LogP contribution in [-0.4, -0.2) is 78.6 Å². The number of aryl methyl sites for hydroxylation is 1. The number of nitrogens with one attached hydrogen (secondary N) is 2. The Morgan fingerprint density at radius 3 is 2.79 bits per heavy atom. The number of benzene rings is 1. The van der Waals surface area contributed by atoms with Crippen molar-refractivity contribution in [2.75, 3.05) is 46.8 Å². The van der Waals surface area contributed by atoms with Crippen LogP contribution in [0.2, 0.25) is 0 Å². The van der Waals surface area contributed by atoms with Gasteiger partial charge in [0.1, 0.15) is 0 Å². The summed E-state index contributed by atoms with van der Waals surface area (Å²) in [5.74, 6) is 0. The molecule has 2 N–H and O–H groups in total. The third-order valence-corrected chi connectivity index (χ3v) is 6.41. The number of carbonyl (C=O) groups is 1. The van der Waals surface area contributed by atoms with Gasteiger partial charge in [-0.05, 0) is 59.1 Å². The van der Waals surface area contributed by atoms with Gasteiger partial charge in [-0.2, -0.15) is 0 Å². The monoisotopic (exact) mass is 383 g/mol. The van der Waals surface area contributed by atoms with E-state index in [-0.39, 0.29) is 6.03 Å². The van der Waals surface area contributed by atoms with Crippen molar-refractivity contribution in [1.29, 1.82) is 0 Å². The molecule has 1 saturated heterocycles. The third kappa shape index (κ3) is 4.03. The van der Waals surface area contributed by atoms with Crippen molar-refractivity contribution in [3.05, 3.63) is 35.0 Å². The molecule has 2 aromatic rings. The van der Waals surface area contributed by atoms with E-state index >= 15 is 0 Å². The number of piperidine rings is 1. The summed E-state index contributed by atoms with van der Waals surface area (Å²) in [6.07, 6.45) is 3.33. The summed E-state index contributed by atoms with van der Waals surface area (Å²) in [6, 6.07) is 7.27. The molecule has 152 valence electrons. The summed E-state index contributed by atoms with van der Waals surface area (Å²) >= 11 is 0. The molecule has 0 bridgehead atoms. The Bertz CT molecular complexity index is 835. The summed E-state index contributed by atoms with van der Waals surface area (Å²) in [6.45, 7) is 7.51.